The second-order valence-electron chi connectivity index (χ2n) is 5.06. The number of rotatable bonds is 6. The summed E-state index contributed by atoms with van der Waals surface area (Å²) >= 11 is 1.16. The van der Waals surface area contributed by atoms with Gasteiger partial charge in [-0.25, -0.2) is 4.39 Å². The standard InChI is InChI=1S/C16H12FN3O4S/c17-12-5-1-10(2-6-12)14(21)9-25-16-19-18-15(24-16)11-3-7-13(8-4-11)20(22)23/h1-8,14,21H,9H2/t14-/m1/s1. The van der Waals surface area contributed by atoms with Crippen molar-refractivity contribution in [2.45, 2.75) is 11.3 Å². The fraction of sp³-hybridized carbons (Fsp3) is 0.125. The van der Waals surface area contributed by atoms with Crippen LogP contribution in [0.1, 0.15) is 11.7 Å². The third-order valence-corrected chi connectivity index (χ3v) is 4.25. The third-order valence-electron chi connectivity index (χ3n) is 3.35. The van der Waals surface area contributed by atoms with E-state index in [2.05, 4.69) is 10.2 Å². The summed E-state index contributed by atoms with van der Waals surface area (Å²) in [5.41, 5.74) is 1.12. The second kappa shape index (κ2) is 7.41. The average Bonchev–Trinajstić information content (AvgIpc) is 3.09. The van der Waals surface area contributed by atoms with Gasteiger partial charge >= 0.3 is 0 Å². The molecule has 0 spiro atoms. The minimum absolute atomic E-state index is 0.0275. The number of nitro benzene ring substituents is 1. The van der Waals surface area contributed by atoms with Crippen molar-refractivity contribution in [3.8, 4) is 11.5 Å². The highest BCUT2D eigenvalue weighted by Gasteiger charge is 2.14. The van der Waals surface area contributed by atoms with Crippen LogP contribution in [0.3, 0.4) is 0 Å². The summed E-state index contributed by atoms with van der Waals surface area (Å²) in [4.78, 5) is 10.2. The van der Waals surface area contributed by atoms with Crippen molar-refractivity contribution in [1.29, 1.82) is 0 Å². The van der Waals surface area contributed by atoms with Gasteiger partial charge in [0.2, 0.25) is 5.89 Å². The molecule has 3 rings (SSSR count). The van der Waals surface area contributed by atoms with E-state index in [0.29, 0.717) is 11.1 Å². The molecule has 0 aliphatic rings. The minimum Gasteiger partial charge on any atom is -0.411 e. The molecule has 2 aromatic carbocycles. The molecule has 1 atom stereocenters. The number of hydrogen-bond acceptors (Lipinski definition) is 7. The Morgan fingerprint density at radius 1 is 1.16 bits per heavy atom. The molecule has 0 aliphatic heterocycles. The molecule has 0 aliphatic carbocycles. The van der Waals surface area contributed by atoms with Crippen LogP contribution < -0.4 is 0 Å². The molecule has 0 saturated heterocycles. The molecular formula is C16H12FN3O4S. The van der Waals surface area contributed by atoms with Gasteiger partial charge in [-0.3, -0.25) is 10.1 Å². The van der Waals surface area contributed by atoms with Gasteiger partial charge in [0.1, 0.15) is 5.82 Å². The van der Waals surface area contributed by atoms with Gasteiger partial charge in [-0.2, -0.15) is 0 Å². The van der Waals surface area contributed by atoms with Crippen molar-refractivity contribution in [2.24, 2.45) is 0 Å². The lowest BCUT2D eigenvalue weighted by Gasteiger charge is -2.08. The van der Waals surface area contributed by atoms with E-state index in [4.69, 9.17) is 4.42 Å². The number of benzene rings is 2. The predicted molar refractivity (Wildman–Crippen MR) is 88.5 cm³/mol. The van der Waals surface area contributed by atoms with Crippen molar-refractivity contribution in [3.63, 3.8) is 0 Å². The van der Waals surface area contributed by atoms with Crippen LogP contribution in [0.15, 0.2) is 58.2 Å². The van der Waals surface area contributed by atoms with E-state index in [-0.39, 0.29) is 28.4 Å². The third kappa shape index (κ3) is 4.20. The molecule has 0 amide bonds. The Bertz CT molecular complexity index is 868. The molecular weight excluding hydrogens is 349 g/mol. The summed E-state index contributed by atoms with van der Waals surface area (Å²) in [7, 11) is 0. The summed E-state index contributed by atoms with van der Waals surface area (Å²) in [5, 5.41) is 28.7. The topological polar surface area (TPSA) is 102 Å². The first-order valence-electron chi connectivity index (χ1n) is 7.17. The van der Waals surface area contributed by atoms with Gasteiger partial charge in [0.05, 0.1) is 11.0 Å². The zero-order valence-electron chi connectivity index (χ0n) is 12.7. The molecule has 1 aromatic heterocycles. The van der Waals surface area contributed by atoms with Crippen LogP contribution in [-0.2, 0) is 0 Å². The molecule has 0 bridgehead atoms. The Hall–Kier alpha value is -2.78. The Balaban J connectivity index is 1.63. The lowest BCUT2D eigenvalue weighted by molar-refractivity contribution is -0.384. The van der Waals surface area contributed by atoms with Gasteiger partial charge in [-0.1, -0.05) is 23.9 Å². The van der Waals surface area contributed by atoms with Gasteiger partial charge in [0, 0.05) is 23.4 Å². The molecule has 128 valence electrons. The maximum atomic E-state index is 12.9. The number of nitro groups is 1. The molecule has 0 fully saturated rings. The highest BCUT2D eigenvalue weighted by Crippen LogP contribution is 2.27. The fourth-order valence-corrected chi connectivity index (χ4v) is 2.77. The average molecular weight is 361 g/mol. The zero-order chi connectivity index (χ0) is 17.8. The Morgan fingerprint density at radius 3 is 2.48 bits per heavy atom. The minimum atomic E-state index is -0.805. The normalized spacial score (nSPS) is 12.1. The first kappa shape index (κ1) is 17.1. The van der Waals surface area contributed by atoms with Crippen LogP contribution in [-0.4, -0.2) is 26.0 Å². The van der Waals surface area contributed by atoms with E-state index in [1.54, 1.807) is 0 Å². The number of thioether (sulfide) groups is 1. The molecule has 1 heterocycles. The van der Waals surface area contributed by atoms with Crippen molar-refractivity contribution in [3.05, 3.63) is 70.0 Å². The van der Waals surface area contributed by atoms with E-state index < -0.39 is 11.0 Å². The maximum absolute atomic E-state index is 12.9. The number of aliphatic hydroxyl groups is 1. The number of aliphatic hydroxyl groups excluding tert-OH is 1. The van der Waals surface area contributed by atoms with Gasteiger partial charge < -0.3 is 9.52 Å². The Labute approximate surface area is 145 Å². The summed E-state index contributed by atoms with van der Waals surface area (Å²) in [5.74, 6) is 0.120. The van der Waals surface area contributed by atoms with Crippen molar-refractivity contribution in [1.82, 2.24) is 10.2 Å². The van der Waals surface area contributed by atoms with E-state index in [9.17, 15) is 19.6 Å². The molecule has 7 nitrogen and oxygen atoms in total. The van der Waals surface area contributed by atoms with Crippen molar-refractivity contribution in [2.75, 3.05) is 5.75 Å². The van der Waals surface area contributed by atoms with Crippen molar-refractivity contribution < 1.29 is 18.8 Å². The lowest BCUT2D eigenvalue weighted by atomic mass is 10.1. The van der Waals surface area contributed by atoms with E-state index >= 15 is 0 Å². The number of aromatic nitrogens is 2. The van der Waals surface area contributed by atoms with E-state index in [1.165, 1.54) is 48.5 Å². The Kier molecular flexibility index (Phi) is 5.05. The van der Waals surface area contributed by atoms with Crippen LogP contribution in [0.2, 0.25) is 0 Å². The van der Waals surface area contributed by atoms with Gasteiger partial charge in [0.15, 0.2) is 0 Å². The quantitative estimate of drug-likeness (QED) is 0.406. The first-order valence-corrected chi connectivity index (χ1v) is 8.16. The van der Waals surface area contributed by atoms with Crippen molar-refractivity contribution >= 4 is 17.4 Å². The fourth-order valence-electron chi connectivity index (χ4n) is 2.04. The van der Waals surface area contributed by atoms with Crippen LogP contribution >= 0.6 is 11.8 Å². The summed E-state index contributed by atoms with van der Waals surface area (Å²) in [6.45, 7) is 0. The van der Waals surface area contributed by atoms with Gasteiger partial charge in [-0.15, -0.1) is 10.2 Å². The molecule has 9 heteroatoms. The molecule has 1 N–H and O–H groups in total. The van der Waals surface area contributed by atoms with Crippen LogP contribution in [0, 0.1) is 15.9 Å². The highest BCUT2D eigenvalue weighted by atomic mass is 32.2. The monoisotopic (exact) mass is 361 g/mol. The summed E-state index contributed by atoms with van der Waals surface area (Å²) in [6.07, 6.45) is -0.805. The van der Waals surface area contributed by atoms with Gasteiger partial charge in [0.25, 0.3) is 10.9 Å². The summed E-state index contributed by atoms with van der Waals surface area (Å²) in [6, 6.07) is 11.3. The van der Waals surface area contributed by atoms with E-state index in [1.807, 2.05) is 0 Å². The number of hydrogen-bond donors (Lipinski definition) is 1. The first-order chi connectivity index (χ1) is 12.0. The summed E-state index contributed by atoms with van der Waals surface area (Å²) < 4.78 is 18.4. The molecule has 0 unspecified atom stereocenters. The number of non-ortho nitro benzene ring substituents is 1. The number of halogens is 1. The van der Waals surface area contributed by atoms with E-state index in [0.717, 1.165) is 11.8 Å². The molecule has 3 aromatic rings. The lowest BCUT2D eigenvalue weighted by Crippen LogP contribution is -2.00. The number of nitrogens with zero attached hydrogens (tertiary/aromatic N) is 3. The predicted octanol–water partition coefficient (Wildman–Crippen LogP) is 3.61. The largest absolute Gasteiger partial charge is 0.411 e. The van der Waals surface area contributed by atoms with Crippen LogP contribution in [0.25, 0.3) is 11.5 Å². The van der Waals surface area contributed by atoms with Crippen LogP contribution in [0.5, 0.6) is 0 Å². The second-order valence-corrected chi connectivity index (χ2v) is 6.03. The zero-order valence-corrected chi connectivity index (χ0v) is 13.5. The highest BCUT2D eigenvalue weighted by molar-refractivity contribution is 7.99. The smallest absolute Gasteiger partial charge is 0.276 e. The SMILES string of the molecule is O=[N+]([O-])c1ccc(-c2nnc(SC[C@@H](O)c3ccc(F)cc3)o2)cc1. The molecule has 0 saturated carbocycles. The molecule has 0 radical (unpaired) electrons. The maximum Gasteiger partial charge on any atom is 0.276 e. The molecule has 25 heavy (non-hydrogen) atoms. The Morgan fingerprint density at radius 2 is 1.84 bits per heavy atom. The van der Waals surface area contributed by atoms with Crippen LogP contribution in [0.4, 0.5) is 10.1 Å². The van der Waals surface area contributed by atoms with Gasteiger partial charge in [-0.05, 0) is 29.8 Å².